The molecule has 1 fully saturated rings. The molecule has 150 valence electrons. The monoisotopic (exact) mass is 385 g/mol. The van der Waals surface area contributed by atoms with Crippen LogP contribution in [0.5, 0.6) is 0 Å². The second-order valence-corrected chi connectivity index (χ2v) is 7.31. The average molecular weight is 386 g/mol. The summed E-state index contributed by atoms with van der Waals surface area (Å²) in [4.78, 5) is 11.1. The highest BCUT2D eigenvalue weighted by Crippen LogP contribution is 2.28. The average Bonchev–Trinajstić information content (AvgIpc) is 2.66. The molecule has 0 aromatic carbocycles. The first-order valence-corrected chi connectivity index (χ1v) is 10.4. The maximum Gasteiger partial charge on any atom is 0.184 e. The van der Waals surface area contributed by atoms with Crippen LogP contribution in [0.25, 0.3) is 0 Å². The van der Waals surface area contributed by atoms with Gasteiger partial charge in [-0.25, -0.2) is 4.79 Å². The number of ether oxygens (including phenoxy) is 2. The van der Waals surface area contributed by atoms with E-state index in [1.807, 2.05) is 19.8 Å². The predicted molar refractivity (Wildman–Crippen MR) is 108 cm³/mol. The zero-order chi connectivity index (χ0) is 19.3. The number of aliphatic hydroxyl groups is 1. The van der Waals surface area contributed by atoms with Crippen LogP contribution >= 0.6 is 12.2 Å². The lowest BCUT2D eigenvalue weighted by Crippen LogP contribution is -2.52. The predicted octanol–water partition coefficient (Wildman–Crippen LogP) is 3.21. The zero-order valence-corrected chi connectivity index (χ0v) is 17.1. The quantitative estimate of drug-likeness (QED) is 0.288. The lowest BCUT2D eigenvalue weighted by atomic mass is 9.84. The summed E-state index contributed by atoms with van der Waals surface area (Å²) in [6, 6.07) is 0. The van der Waals surface area contributed by atoms with Crippen molar-refractivity contribution in [3.8, 4) is 0 Å². The van der Waals surface area contributed by atoms with Gasteiger partial charge in [0.15, 0.2) is 5.05 Å². The lowest BCUT2D eigenvalue weighted by molar-refractivity contribution is 0.0758. The SMILES string of the molecule is CCOCCCC(C=C=O)(NCCC(O)C1CCCCC1)C(=S)OCC. The van der Waals surface area contributed by atoms with Crippen molar-refractivity contribution in [2.45, 2.75) is 76.9 Å². The minimum Gasteiger partial charge on any atom is -0.485 e. The van der Waals surface area contributed by atoms with E-state index < -0.39 is 5.54 Å². The van der Waals surface area contributed by atoms with Crippen LogP contribution in [0, 0.1) is 5.92 Å². The van der Waals surface area contributed by atoms with Crippen molar-refractivity contribution in [2.24, 2.45) is 5.92 Å². The highest BCUT2D eigenvalue weighted by Gasteiger charge is 2.34. The van der Waals surface area contributed by atoms with Gasteiger partial charge in [-0.15, -0.1) is 0 Å². The Balaban J connectivity index is 2.65. The van der Waals surface area contributed by atoms with Crippen LogP contribution in [0.4, 0.5) is 0 Å². The molecule has 0 heterocycles. The molecule has 0 bridgehead atoms. The Morgan fingerprint density at radius 3 is 2.69 bits per heavy atom. The van der Waals surface area contributed by atoms with E-state index in [1.165, 1.54) is 25.3 Å². The van der Waals surface area contributed by atoms with Gasteiger partial charge in [0.1, 0.15) is 11.5 Å². The number of rotatable bonds is 13. The molecular formula is C20H35NO4S. The Kier molecular flexibility index (Phi) is 12.0. The van der Waals surface area contributed by atoms with Gasteiger partial charge in [0.05, 0.1) is 12.7 Å². The summed E-state index contributed by atoms with van der Waals surface area (Å²) in [5.74, 6) is 2.27. The first-order chi connectivity index (χ1) is 12.6. The van der Waals surface area contributed by atoms with E-state index in [-0.39, 0.29) is 6.10 Å². The molecule has 0 saturated heterocycles. The smallest absolute Gasteiger partial charge is 0.184 e. The van der Waals surface area contributed by atoms with Crippen molar-refractivity contribution >= 4 is 23.2 Å². The molecule has 5 nitrogen and oxygen atoms in total. The molecule has 1 saturated carbocycles. The number of aliphatic hydroxyl groups excluding tert-OH is 1. The largest absolute Gasteiger partial charge is 0.485 e. The van der Waals surface area contributed by atoms with E-state index in [0.717, 1.165) is 19.3 Å². The van der Waals surface area contributed by atoms with Gasteiger partial charge in [0, 0.05) is 19.3 Å². The van der Waals surface area contributed by atoms with E-state index in [9.17, 15) is 9.90 Å². The highest BCUT2D eigenvalue weighted by molar-refractivity contribution is 7.80. The summed E-state index contributed by atoms with van der Waals surface area (Å²) >= 11 is 5.44. The van der Waals surface area contributed by atoms with Crippen molar-refractivity contribution in [2.75, 3.05) is 26.4 Å². The van der Waals surface area contributed by atoms with E-state index in [4.69, 9.17) is 21.7 Å². The van der Waals surface area contributed by atoms with Gasteiger partial charge in [0.25, 0.3) is 0 Å². The van der Waals surface area contributed by atoms with Crippen molar-refractivity contribution in [1.82, 2.24) is 5.32 Å². The Labute approximate surface area is 163 Å². The van der Waals surface area contributed by atoms with Crippen molar-refractivity contribution in [1.29, 1.82) is 0 Å². The van der Waals surface area contributed by atoms with Crippen LogP contribution in [0.15, 0.2) is 6.08 Å². The van der Waals surface area contributed by atoms with Crippen LogP contribution in [0.3, 0.4) is 0 Å². The topological polar surface area (TPSA) is 67.8 Å². The Hall–Kier alpha value is -0.780. The van der Waals surface area contributed by atoms with E-state index in [0.29, 0.717) is 50.2 Å². The van der Waals surface area contributed by atoms with E-state index >= 15 is 0 Å². The van der Waals surface area contributed by atoms with Gasteiger partial charge >= 0.3 is 0 Å². The van der Waals surface area contributed by atoms with E-state index in [2.05, 4.69) is 5.32 Å². The van der Waals surface area contributed by atoms with Gasteiger partial charge in [-0.1, -0.05) is 19.3 Å². The number of nitrogens with one attached hydrogen (secondary N) is 1. The molecule has 0 aromatic rings. The number of thiocarbonyl (C=S) groups is 1. The molecule has 1 rings (SSSR count). The molecule has 0 spiro atoms. The van der Waals surface area contributed by atoms with Crippen molar-refractivity contribution in [3.05, 3.63) is 6.08 Å². The lowest BCUT2D eigenvalue weighted by Gasteiger charge is -2.32. The minimum absolute atomic E-state index is 0.315. The van der Waals surface area contributed by atoms with Gasteiger partial charge in [0.2, 0.25) is 0 Å². The standard InChI is InChI=1S/C20H35NO4S/c1-3-24-16-8-12-20(13-15-22,19(26)25-4-2)21-14-11-18(23)17-9-6-5-7-10-17/h13,17-18,21,23H,3-12,14,16H2,1-2H3. The third-order valence-corrected chi connectivity index (χ3v) is 5.57. The number of hydrogen-bond donors (Lipinski definition) is 2. The van der Waals surface area contributed by atoms with Gasteiger partial charge in [-0.3, -0.25) is 0 Å². The van der Waals surface area contributed by atoms with Crippen molar-refractivity contribution in [3.63, 3.8) is 0 Å². The third-order valence-electron chi connectivity index (χ3n) is 5.08. The molecule has 1 aliphatic rings. The molecule has 0 radical (unpaired) electrons. The molecule has 0 amide bonds. The Morgan fingerprint density at radius 2 is 2.08 bits per heavy atom. The molecule has 0 aliphatic heterocycles. The van der Waals surface area contributed by atoms with Crippen LogP contribution in [-0.4, -0.2) is 54.1 Å². The second kappa shape index (κ2) is 13.4. The third kappa shape index (κ3) is 7.85. The fraction of sp³-hybridized carbons (Fsp3) is 0.850. The molecule has 6 heteroatoms. The van der Waals surface area contributed by atoms with Crippen molar-refractivity contribution < 1.29 is 19.4 Å². The molecule has 2 unspecified atom stereocenters. The molecular weight excluding hydrogens is 350 g/mol. The first kappa shape index (κ1) is 23.3. The number of carbonyl (C=O) groups excluding carboxylic acids is 1. The maximum atomic E-state index is 11.1. The van der Waals surface area contributed by atoms with Gasteiger partial charge < -0.3 is 19.9 Å². The Bertz CT molecular complexity index is 447. The molecule has 26 heavy (non-hydrogen) atoms. The van der Waals surface area contributed by atoms with Gasteiger partial charge in [-0.05, 0) is 70.6 Å². The molecule has 2 atom stereocenters. The summed E-state index contributed by atoms with van der Waals surface area (Å²) in [6.07, 6.45) is 8.99. The Morgan fingerprint density at radius 1 is 1.35 bits per heavy atom. The molecule has 0 aromatic heterocycles. The number of hydrogen-bond acceptors (Lipinski definition) is 6. The molecule has 2 N–H and O–H groups in total. The molecule has 1 aliphatic carbocycles. The van der Waals surface area contributed by atoms with Gasteiger partial charge in [-0.2, -0.15) is 0 Å². The minimum atomic E-state index is -0.837. The second-order valence-electron chi connectivity index (χ2n) is 6.94. The maximum absolute atomic E-state index is 11.1. The summed E-state index contributed by atoms with van der Waals surface area (Å²) < 4.78 is 11.0. The zero-order valence-electron chi connectivity index (χ0n) is 16.3. The van der Waals surface area contributed by atoms with E-state index in [1.54, 1.807) is 0 Å². The normalized spacial score (nSPS) is 18.6. The van der Waals surface area contributed by atoms with Crippen LogP contribution in [0.1, 0.15) is 65.2 Å². The summed E-state index contributed by atoms with van der Waals surface area (Å²) in [6.45, 7) is 6.10. The summed E-state index contributed by atoms with van der Waals surface area (Å²) in [5, 5.41) is 14.2. The van der Waals surface area contributed by atoms with Crippen LogP contribution in [-0.2, 0) is 14.3 Å². The summed E-state index contributed by atoms with van der Waals surface area (Å²) in [5.41, 5.74) is -0.837. The fourth-order valence-electron chi connectivity index (χ4n) is 3.60. The summed E-state index contributed by atoms with van der Waals surface area (Å²) in [7, 11) is 0. The first-order valence-electron chi connectivity index (χ1n) is 9.99. The highest BCUT2D eigenvalue weighted by atomic mass is 32.1. The van der Waals surface area contributed by atoms with Crippen LogP contribution in [0.2, 0.25) is 0 Å². The van der Waals surface area contributed by atoms with Crippen LogP contribution < -0.4 is 5.32 Å². The fourth-order valence-corrected chi connectivity index (χ4v) is 3.95.